The molecule has 1 atom stereocenters. The molecule has 0 saturated heterocycles. The van der Waals surface area contributed by atoms with Crippen LogP contribution in [0.4, 0.5) is 14.5 Å². The van der Waals surface area contributed by atoms with E-state index >= 15 is 0 Å². The summed E-state index contributed by atoms with van der Waals surface area (Å²) in [5.74, 6) is -0.942. The first-order valence-corrected chi connectivity index (χ1v) is 8.87. The Bertz CT molecular complexity index is 989. The van der Waals surface area contributed by atoms with E-state index in [2.05, 4.69) is 10.3 Å². The highest BCUT2D eigenvalue weighted by Crippen LogP contribution is 2.31. The van der Waals surface area contributed by atoms with Crippen LogP contribution in [-0.2, 0) is 4.79 Å². The fraction of sp³-hybridized carbons (Fsp3) is 0.167. The average molecular weight is 390 g/mol. The second-order valence-corrected chi connectivity index (χ2v) is 7.03. The quantitative estimate of drug-likeness (QED) is 0.629. The van der Waals surface area contributed by atoms with Gasteiger partial charge >= 0.3 is 6.55 Å². The van der Waals surface area contributed by atoms with Crippen LogP contribution >= 0.6 is 11.8 Å². The maximum atomic E-state index is 13.5. The Labute approximate surface area is 157 Å². The average Bonchev–Trinajstić information content (AvgIpc) is 3.00. The predicted molar refractivity (Wildman–Crippen MR) is 99.9 cm³/mol. The molecule has 0 aliphatic heterocycles. The number of amides is 2. The molecule has 1 heterocycles. The molecule has 0 radical (unpaired) electrons. The topological polar surface area (TPSA) is 90.0 Å². The minimum atomic E-state index is -2.77. The SMILES string of the molecule is CC(Sc1nc2ccccc2n1C(F)F)C(=O)Nc1ccc(C(N)=O)cc1. The molecule has 0 bridgehead atoms. The van der Waals surface area contributed by atoms with E-state index in [-0.39, 0.29) is 11.1 Å². The van der Waals surface area contributed by atoms with Crippen LogP contribution in [0.25, 0.3) is 11.0 Å². The fourth-order valence-electron chi connectivity index (χ4n) is 2.47. The first-order chi connectivity index (χ1) is 12.9. The molecule has 9 heteroatoms. The molecule has 27 heavy (non-hydrogen) atoms. The molecule has 0 spiro atoms. The molecule has 2 aromatic carbocycles. The summed E-state index contributed by atoms with van der Waals surface area (Å²) in [7, 11) is 0. The molecule has 1 unspecified atom stereocenters. The summed E-state index contributed by atoms with van der Waals surface area (Å²) >= 11 is 0.945. The minimum absolute atomic E-state index is 0.0675. The monoisotopic (exact) mass is 390 g/mol. The van der Waals surface area contributed by atoms with E-state index in [4.69, 9.17) is 5.73 Å². The van der Waals surface area contributed by atoms with Crippen LogP contribution < -0.4 is 11.1 Å². The fourth-order valence-corrected chi connectivity index (χ4v) is 3.39. The van der Waals surface area contributed by atoms with E-state index in [1.807, 2.05) is 0 Å². The second kappa shape index (κ2) is 7.75. The summed E-state index contributed by atoms with van der Waals surface area (Å²) in [5, 5.41) is 2.07. The summed E-state index contributed by atoms with van der Waals surface area (Å²) in [4.78, 5) is 27.7. The van der Waals surface area contributed by atoms with Crippen molar-refractivity contribution in [2.75, 3.05) is 5.32 Å². The zero-order chi connectivity index (χ0) is 19.6. The maximum absolute atomic E-state index is 13.5. The molecule has 140 valence electrons. The first kappa shape index (κ1) is 18.8. The number of nitrogens with one attached hydrogen (secondary N) is 1. The highest BCUT2D eigenvalue weighted by atomic mass is 32.2. The molecule has 0 saturated carbocycles. The van der Waals surface area contributed by atoms with Gasteiger partial charge in [0, 0.05) is 11.3 Å². The van der Waals surface area contributed by atoms with E-state index in [1.54, 1.807) is 43.3 Å². The van der Waals surface area contributed by atoms with E-state index in [1.165, 1.54) is 12.1 Å². The third-order valence-corrected chi connectivity index (χ3v) is 4.91. The smallest absolute Gasteiger partial charge is 0.321 e. The molecule has 6 nitrogen and oxygen atoms in total. The number of alkyl halides is 2. The number of primary amides is 1. The minimum Gasteiger partial charge on any atom is -0.366 e. The summed E-state index contributed by atoms with van der Waals surface area (Å²) < 4.78 is 27.7. The number of fused-ring (bicyclic) bond motifs is 1. The van der Waals surface area contributed by atoms with E-state index in [9.17, 15) is 18.4 Å². The third kappa shape index (κ3) is 4.08. The van der Waals surface area contributed by atoms with Crippen LogP contribution in [0.1, 0.15) is 23.8 Å². The molecular formula is C18H16F2N4O2S. The van der Waals surface area contributed by atoms with Crippen LogP contribution in [0.15, 0.2) is 53.7 Å². The van der Waals surface area contributed by atoms with Crippen LogP contribution in [0.3, 0.4) is 0 Å². The number of aromatic nitrogens is 2. The summed E-state index contributed by atoms with van der Waals surface area (Å²) in [6.07, 6.45) is 0. The van der Waals surface area contributed by atoms with Crippen molar-refractivity contribution in [1.82, 2.24) is 9.55 Å². The molecule has 0 aliphatic rings. The highest BCUT2D eigenvalue weighted by Gasteiger charge is 2.23. The van der Waals surface area contributed by atoms with Gasteiger partial charge in [0.25, 0.3) is 0 Å². The van der Waals surface area contributed by atoms with Crippen molar-refractivity contribution in [3.63, 3.8) is 0 Å². The molecular weight excluding hydrogens is 374 g/mol. The van der Waals surface area contributed by atoms with Gasteiger partial charge in [0.2, 0.25) is 11.8 Å². The highest BCUT2D eigenvalue weighted by molar-refractivity contribution is 8.00. The summed E-state index contributed by atoms with van der Waals surface area (Å²) in [6, 6.07) is 12.6. The van der Waals surface area contributed by atoms with Crippen molar-refractivity contribution in [3.8, 4) is 0 Å². The lowest BCUT2D eigenvalue weighted by atomic mass is 10.2. The third-order valence-electron chi connectivity index (χ3n) is 3.85. The number of carbonyl (C=O) groups is 2. The zero-order valence-electron chi connectivity index (χ0n) is 14.2. The van der Waals surface area contributed by atoms with Crippen molar-refractivity contribution in [3.05, 3.63) is 54.1 Å². The normalized spacial score (nSPS) is 12.3. The number of thioether (sulfide) groups is 1. The Hall–Kier alpha value is -2.94. The van der Waals surface area contributed by atoms with E-state index in [0.717, 1.165) is 16.3 Å². The number of para-hydroxylation sites is 2. The maximum Gasteiger partial charge on any atom is 0.321 e. The van der Waals surface area contributed by atoms with Gasteiger partial charge in [-0.3, -0.25) is 14.2 Å². The Morgan fingerprint density at radius 3 is 2.44 bits per heavy atom. The van der Waals surface area contributed by atoms with Gasteiger partial charge < -0.3 is 11.1 Å². The molecule has 3 rings (SSSR count). The van der Waals surface area contributed by atoms with Crippen molar-refractivity contribution in [2.45, 2.75) is 23.9 Å². The van der Waals surface area contributed by atoms with Gasteiger partial charge in [-0.25, -0.2) is 4.98 Å². The standard InChI is InChI=1S/C18H16F2N4O2S/c1-10(16(26)22-12-8-6-11(7-9-12)15(21)25)27-18-23-13-4-2-3-5-14(13)24(18)17(19)20/h2-10,17H,1H3,(H2,21,25)(H,22,26). The zero-order valence-corrected chi connectivity index (χ0v) is 15.0. The number of nitrogens with zero attached hydrogens (tertiary/aromatic N) is 2. The van der Waals surface area contributed by atoms with Gasteiger partial charge in [-0.05, 0) is 43.3 Å². The van der Waals surface area contributed by atoms with Crippen LogP contribution in [0, 0.1) is 0 Å². The van der Waals surface area contributed by atoms with Crippen molar-refractivity contribution in [1.29, 1.82) is 0 Å². The first-order valence-electron chi connectivity index (χ1n) is 7.99. The van der Waals surface area contributed by atoms with Crippen molar-refractivity contribution in [2.24, 2.45) is 5.73 Å². The molecule has 0 aliphatic carbocycles. The number of benzene rings is 2. The molecule has 3 aromatic rings. The Morgan fingerprint density at radius 2 is 1.81 bits per heavy atom. The molecule has 0 fully saturated rings. The number of nitrogens with two attached hydrogens (primary N) is 1. The van der Waals surface area contributed by atoms with Crippen LogP contribution in [-0.4, -0.2) is 26.6 Å². The van der Waals surface area contributed by atoms with Crippen LogP contribution in [0.2, 0.25) is 0 Å². The van der Waals surface area contributed by atoms with Crippen molar-refractivity contribution < 1.29 is 18.4 Å². The van der Waals surface area contributed by atoms with E-state index < -0.39 is 17.7 Å². The van der Waals surface area contributed by atoms with Gasteiger partial charge in [-0.2, -0.15) is 8.78 Å². The van der Waals surface area contributed by atoms with Gasteiger partial charge in [-0.1, -0.05) is 23.9 Å². The van der Waals surface area contributed by atoms with Gasteiger partial charge in [-0.15, -0.1) is 0 Å². The largest absolute Gasteiger partial charge is 0.366 e. The number of rotatable bonds is 6. The number of carbonyl (C=O) groups excluding carboxylic acids is 2. The van der Waals surface area contributed by atoms with Gasteiger partial charge in [0.1, 0.15) is 0 Å². The van der Waals surface area contributed by atoms with Crippen LogP contribution in [0.5, 0.6) is 0 Å². The molecule has 2 amide bonds. The predicted octanol–water partition coefficient (Wildman–Crippen LogP) is 3.65. The second-order valence-electron chi connectivity index (χ2n) is 5.72. The Morgan fingerprint density at radius 1 is 1.15 bits per heavy atom. The van der Waals surface area contributed by atoms with Gasteiger partial charge in [0.05, 0.1) is 16.3 Å². The summed E-state index contributed by atoms with van der Waals surface area (Å²) in [6.45, 7) is -1.16. The number of imidazole rings is 1. The number of anilines is 1. The van der Waals surface area contributed by atoms with Crippen molar-refractivity contribution >= 4 is 40.3 Å². The molecule has 3 N–H and O–H groups in total. The Kier molecular flexibility index (Phi) is 5.41. The lowest BCUT2D eigenvalue weighted by Crippen LogP contribution is -2.23. The number of hydrogen-bond donors (Lipinski definition) is 2. The van der Waals surface area contributed by atoms with Gasteiger partial charge in [0.15, 0.2) is 5.16 Å². The lowest BCUT2D eigenvalue weighted by Gasteiger charge is -2.13. The lowest BCUT2D eigenvalue weighted by molar-refractivity contribution is -0.115. The van der Waals surface area contributed by atoms with E-state index in [0.29, 0.717) is 22.3 Å². The summed E-state index contributed by atoms with van der Waals surface area (Å²) in [5.41, 5.74) is 6.71. The number of halogens is 2. The molecule has 1 aromatic heterocycles. The number of hydrogen-bond acceptors (Lipinski definition) is 4. The Balaban J connectivity index is 1.75.